The molecule has 0 radical (unpaired) electrons. The first-order valence-corrected chi connectivity index (χ1v) is 7.63. The smallest absolute Gasteiger partial charge is 0.249 e. The summed E-state index contributed by atoms with van der Waals surface area (Å²) < 4.78 is 11.3. The normalized spacial score (nSPS) is 18.5. The zero-order valence-corrected chi connectivity index (χ0v) is 13.3. The Morgan fingerprint density at radius 3 is 2.80 bits per heavy atom. The van der Waals surface area contributed by atoms with Crippen molar-refractivity contribution in [1.29, 1.82) is 0 Å². The predicted octanol–water partition coefficient (Wildman–Crippen LogP) is 2.78. The fourth-order valence-corrected chi connectivity index (χ4v) is 2.75. The maximum absolute atomic E-state index is 12.2. The van der Waals surface area contributed by atoms with E-state index in [1.807, 2.05) is 17.0 Å². The highest BCUT2D eigenvalue weighted by atomic mass is 79.9. The standard InChI is InChI=1S/C15H20BrNO3/c1-19-9-10-20-11-15(18)17-8-2-3-14(17)12-4-6-13(16)7-5-12/h4-7,14H,2-3,8-11H2,1H3/t14-/m0/s1. The van der Waals surface area contributed by atoms with Gasteiger partial charge in [0.1, 0.15) is 6.61 Å². The Bertz CT molecular complexity index is 435. The Kier molecular flexibility index (Phi) is 6.01. The lowest BCUT2D eigenvalue weighted by atomic mass is 10.0. The van der Waals surface area contributed by atoms with Crippen LogP contribution in [0.5, 0.6) is 0 Å². The molecule has 20 heavy (non-hydrogen) atoms. The van der Waals surface area contributed by atoms with E-state index < -0.39 is 0 Å². The second kappa shape index (κ2) is 7.76. The number of carbonyl (C=O) groups is 1. The van der Waals surface area contributed by atoms with Crippen molar-refractivity contribution >= 4 is 21.8 Å². The number of carbonyl (C=O) groups excluding carboxylic acids is 1. The van der Waals surface area contributed by atoms with Crippen LogP contribution < -0.4 is 0 Å². The van der Waals surface area contributed by atoms with Gasteiger partial charge >= 0.3 is 0 Å². The molecule has 1 aliphatic heterocycles. The lowest BCUT2D eigenvalue weighted by Gasteiger charge is -2.25. The minimum absolute atomic E-state index is 0.0616. The lowest BCUT2D eigenvalue weighted by Crippen LogP contribution is -2.33. The molecule has 0 saturated carbocycles. The second-order valence-corrected chi connectivity index (χ2v) is 5.76. The van der Waals surface area contributed by atoms with E-state index in [1.54, 1.807) is 7.11 Å². The first kappa shape index (κ1) is 15.5. The van der Waals surface area contributed by atoms with Crippen LogP contribution in [0.4, 0.5) is 0 Å². The van der Waals surface area contributed by atoms with Crippen molar-refractivity contribution in [2.24, 2.45) is 0 Å². The molecule has 1 fully saturated rings. The number of hydrogen-bond acceptors (Lipinski definition) is 3. The number of likely N-dealkylation sites (tertiary alicyclic amines) is 1. The molecular formula is C15H20BrNO3. The van der Waals surface area contributed by atoms with Crippen LogP contribution in [0, 0.1) is 0 Å². The van der Waals surface area contributed by atoms with Gasteiger partial charge in [-0.3, -0.25) is 4.79 Å². The van der Waals surface area contributed by atoms with Gasteiger partial charge in [-0.15, -0.1) is 0 Å². The van der Waals surface area contributed by atoms with Gasteiger partial charge in [-0.1, -0.05) is 28.1 Å². The van der Waals surface area contributed by atoms with Gasteiger partial charge in [-0.25, -0.2) is 0 Å². The highest BCUT2D eigenvalue weighted by molar-refractivity contribution is 9.10. The molecule has 2 rings (SSSR count). The van der Waals surface area contributed by atoms with E-state index in [4.69, 9.17) is 9.47 Å². The SMILES string of the molecule is COCCOCC(=O)N1CCC[C@H]1c1ccc(Br)cc1. The van der Waals surface area contributed by atoms with Crippen LogP contribution in [0.1, 0.15) is 24.4 Å². The Balaban J connectivity index is 1.93. The molecule has 110 valence electrons. The third-order valence-electron chi connectivity index (χ3n) is 3.49. The number of benzene rings is 1. The van der Waals surface area contributed by atoms with Crippen LogP contribution in [0.2, 0.25) is 0 Å². The van der Waals surface area contributed by atoms with E-state index in [0.29, 0.717) is 13.2 Å². The fraction of sp³-hybridized carbons (Fsp3) is 0.533. The Morgan fingerprint density at radius 2 is 2.10 bits per heavy atom. The summed E-state index contributed by atoms with van der Waals surface area (Å²) in [6, 6.07) is 8.37. The number of hydrogen-bond donors (Lipinski definition) is 0. The summed E-state index contributed by atoms with van der Waals surface area (Å²) in [5, 5.41) is 0. The van der Waals surface area contributed by atoms with Crippen molar-refractivity contribution in [3.63, 3.8) is 0 Å². The zero-order chi connectivity index (χ0) is 14.4. The molecule has 1 aromatic carbocycles. The zero-order valence-electron chi connectivity index (χ0n) is 11.7. The van der Waals surface area contributed by atoms with Crippen LogP contribution >= 0.6 is 15.9 Å². The summed E-state index contributed by atoms with van der Waals surface area (Å²) in [5.41, 5.74) is 1.19. The minimum Gasteiger partial charge on any atom is -0.382 e. The van der Waals surface area contributed by atoms with E-state index >= 15 is 0 Å². The molecule has 0 spiro atoms. The second-order valence-electron chi connectivity index (χ2n) is 4.84. The molecule has 1 amide bonds. The van der Waals surface area contributed by atoms with Crippen LogP contribution in [-0.4, -0.2) is 44.3 Å². The van der Waals surface area contributed by atoms with Crippen LogP contribution in [0.25, 0.3) is 0 Å². The first-order chi connectivity index (χ1) is 9.72. The van der Waals surface area contributed by atoms with Crippen molar-refractivity contribution in [1.82, 2.24) is 4.90 Å². The molecule has 1 aliphatic rings. The van der Waals surface area contributed by atoms with Crippen molar-refractivity contribution in [2.75, 3.05) is 33.5 Å². The molecule has 0 bridgehead atoms. The van der Waals surface area contributed by atoms with E-state index in [0.717, 1.165) is 23.9 Å². The number of nitrogens with zero attached hydrogens (tertiary/aromatic N) is 1. The molecule has 0 unspecified atom stereocenters. The third kappa shape index (κ3) is 4.04. The summed E-state index contributed by atoms with van der Waals surface area (Å²) >= 11 is 3.43. The van der Waals surface area contributed by atoms with Gasteiger partial charge in [0, 0.05) is 18.1 Å². The Hall–Kier alpha value is -0.910. The van der Waals surface area contributed by atoms with Crippen LogP contribution in [0.15, 0.2) is 28.7 Å². The van der Waals surface area contributed by atoms with E-state index in [2.05, 4.69) is 28.1 Å². The fourth-order valence-electron chi connectivity index (χ4n) is 2.48. The highest BCUT2D eigenvalue weighted by Crippen LogP contribution is 2.32. The van der Waals surface area contributed by atoms with E-state index in [-0.39, 0.29) is 18.6 Å². The average Bonchev–Trinajstić information content (AvgIpc) is 2.93. The molecule has 1 aromatic rings. The molecule has 0 aromatic heterocycles. The predicted molar refractivity (Wildman–Crippen MR) is 80.5 cm³/mol. The van der Waals surface area contributed by atoms with E-state index in [9.17, 15) is 4.79 Å². The molecular weight excluding hydrogens is 322 g/mol. The minimum atomic E-state index is 0.0616. The number of ether oxygens (including phenoxy) is 2. The molecule has 1 saturated heterocycles. The molecule has 5 heteroatoms. The molecule has 0 aliphatic carbocycles. The van der Waals surface area contributed by atoms with Gasteiger partial charge in [0.05, 0.1) is 19.3 Å². The number of halogens is 1. The lowest BCUT2D eigenvalue weighted by molar-refractivity contribution is -0.137. The summed E-state index contributed by atoms with van der Waals surface area (Å²) in [6.45, 7) is 1.92. The molecule has 1 atom stereocenters. The van der Waals surface area contributed by atoms with Crippen LogP contribution in [0.3, 0.4) is 0 Å². The van der Waals surface area contributed by atoms with Gasteiger partial charge in [-0.05, 0) is 30.5 Å². The Labute approximate surface area is 128 Å². The van der Waals surface area contributed by atoms with Crippen molar-refractivity contribution < 1.29 is 14.3 Å². The monoisotopic (exact) mass is 341 g/mol. The summed E-state index contributed by atoms with van der Waals surface area (Å²) in [4.78, 5) is 14.1. The van der Waals surface area contributed by atoms with Gasteiger partial charge in [0.15, 0.2) is 0 Å². The third-order valence-corrected chi connectivity index (χ3v) is 4.01. The highest BCUT2D eigenvalue weighted by Gasteiger charge is 2.29. The summed E-state index contributed by atoms with van der Waals surface area (Å²) in [6.07, 6.45) is 2.07. The van der Waals surface area contributed by atoms with Gasteiger partial charge in [0.2, 0.25) is 5.91 Å². The first-order valence-electron chi connectivity index (χ1n) is 6.84. The molecule has 4 nitrogen and oxygen atoms in total. The van der Waals surface area contributed by atoms with Crippen molar-refractivity contribution in [2.45, 2.75) is 18.9 Å². The van der Waals surface area contributed by atoms with Crippen molar-refractivity contribution in [3.8, 4) is 0 Å². The van der Waals surface area contributed by atoms with Crippen molar-refractivity contribution in [3.05, 3.63) is 34.3 Å². The van der Waals surface area contributed by atoms with Crippen LogP contribution in [-0.2, 0) is 14.3 Å². The van der Waals surface area contributed by atoms with E-state index in [1.165, 1.54) is 5.56 Å². The average molecular weight is 342 g/mol. The maximum atomic E-state index is 12.2. The largest absolute Gasteiger partial charge is 0.382 e. The topological polar surface area (TPSA) is 38.8 Å². The van der Waals surface area contributed by atoms with Gasteiger partial charge < -0.3 is 14.4 Å². The molecule has 1 heterocycles. The quantitative estimate of drug-likeness (QED) is 0.747. The van der Waals surface area contributed by atoms with Gasteiger partial charge in [-0.2, -0.15) is 0 Å². The Morgan fingerprint density at radius 1 is 1.35 bits per heavy atom. The molecule has 0 N–H and O–H groups in total. The summed E-state index contributed by atoms with van der Waals surface area (Å²) in [5.74, 6) is 0.0616. The number of methoxy groups -OCH3 is 1. The van der Waals surface area contributed by atoms with Gasteiger partial charge in [0.25, 0.3) is 0 Å². The number of rotatable bonds is 6. The maximum Gasteiger partial charge on any atom is 0.249 e. The summed E-state index contributed by atoms with van der Waals surface area (Å²) in [7, 11) is 1.62. The number of amides is 1.